The largest absolute Gasteiger partial charge is 0.493 e. The van der Waals surface area contributed by atoms with E-state index in [4.69, 9.17) is 26.1 Å². The molecule has 0 fully saturated rings. The lowest BCUT2D eigenvalue weighted by Crippen LogP contribution is -2.34. The van der Waals surface area contributed by atoms with Gasteiger partial charge in [0.1, 0.15) is 23.8 Å². The van der Waals surface area contributed by atoms with Crippen molar-refractivity contribution in [1.29, 1.82) is 0 Å². The van der Waals surface area contributed by atoms with Gasteiger partial charge in [0.05, 0.1) is 36.5 Å². The minimum Gasteiger partial charge on any atom is -0.493 e. The number of hydrogen-bond acceptors (Lipinski definition) is 7. The maximum Gasteiger partial charge on any atom is 0.162 e. The molecule has 1 aliphatic rings. The summed E-state index contributed by atoms with van der Waals surface area (Å²) >= 11 is 5.93. The van der Waals surface area contributed by atoms with E-state index < -0.39 is 5.82 Å². The maximum absolute atomic E-state index is 13.6. The number of methoxy groups -OCH3 is 1. The first-order valence-corrected chi connectivity index (χ1v) is 12.4. The van der Waals surface area contributed by atoms with Crippen LogP contribution in [-0.4, -0.2) is 51.2 Å². The lowest BCUT2D eigenvalue weighted by atomic mass is 10.2. The van der Waals surface area contributed by atoms with E-state index in [-0.39, 0.29) is 5.02 Å². The summed E-state index contributed by atoms with van der Waals surface area (Å²) in [6, 6.07) is 8.12. The highest BCUT2D eigenvalue weighted by Gasteiger charge is 2.18. The Labute approximate surface area is 214 Å². The zero-order chi connectivity index (χ0) is 25.1. The number of imidazole rings is 1. The third kappa shape index (κ3) is 5.22. The number of rotatable bonds is 9. The average molecular weight is 511 g/mol. The number of fused-ring (bicyclic) bond motifs is 2. The zero-order valence-corrected chi connectivity index (χ0v) is 21.1. The molecule has 0 aliphatic carbocycles. The molecule has 36 heavy (non-hydrogen) atoms. The van der Waals surface area contributed by atoms with Crippen LogP contribution in [0.15, 0.2) is 42.9 Å². The van der Waals surface area contributed by atoms with Crippen LogP contribution in [0.5, 0.6) is 11.5 Å². The lowest BCUT2D eigenvalue weighted by Gasteiger charge is -2.27. The minimum absolute atomic E-state index is 0.0348. The Hall–Kier alpha value is -3.43. The highest BCUT2D eigenvalue weighted by Crippen LogP contribution is 2.35. The SMILES string of the molecule is CCc1cn2c(n1)CN(CCCOc1cc3c(Nc4ccc(F)c(Cl)c4)ncnc3cc1OC)CC2. The molecule has 1 N–H and O–H groups in total. The Morgan fingerprint density at radius 3 is 2.83 bits per heavy atom. The minimum atomic E-state index is -0.476. The van der Waals surface area contributed by atoms with Crippen LogP contribution in [0.4, 0.5) is 15.9 Å². The smallest absolute Gasteiger partial charge is 0.162 e. The molecule has 3 heterocycles. The number of benzene rings is 2. The van der Waals surface area contributed by atoms with Crippen LogP contribution >= 0.6 is 11.6 Å². The monoisotopic (exact) mass is 510 g/mol. The molecule has 8 nitrogen and oxygen atoms in total. The molecule has 2 aromatic heterocycles. The van der Waals surface area contributed by atoms with Crippen molar-refractivity contribution in [3.05, 3.63) is 65.2 Å². The molecule has 188 valence electrons. The summed E-state index contributed by atoms with van der Waals surface area (Å²) in [5.74, 6) is 2.43. The van der Waals surface area contributed by atoms with E-state index in [1.54, 1.807) is 13.2 Å². The van der Waals surface area contributed by atoms with Crippen LogP contribution in [0.3, 0.4) is 0 Å². The number of aryl methyl sites for hydroxylation is 1. The van der Waals surface area contributed by atoms with Gasteiger partial charge in [0.15, 0.2) is 11.5 Å². The number of ether oxygens (including phenoxy) is 2. The van der Waals surface area contributed by atoms with Crippen LogP contribution in [0.1, 0.15) is 24.9 Å². The molecule has 10 heteroatoms. The summed E-state index contributed by atoms with van der Waals surface area (Å²) in [7, 11) is 1.61. The second kappa shape index (κ2) is 10.7. The van der Waals surface area contributed by atoms with Gasteiger partial charge in [-0.1, -0.05) is 18.5 Å². The third-order valence-corrected chi connectivity index (χ3v) is 6.56. The summed E-state index contributed by atoms with van der Waals surface area (Å²) < 4.78 is 27.5. The Morgan fingerprint density at radius 2 is 2.03 bits per heavy atom. The maximum atomic E-state index is 13.6. The second-order valence-corrected chi connectivity index (χ2v) is 9.08. The van der Waals surface area contributed by atoms with Crippen LogP contribution in [-0.2, 0) is 19.5 Å². The van der Waals surface area contributed by atoms with Crippen LogP contribution in [0.25, 0.3) is 10.9 Å². The Morgan fingerprint density at radius 1 is 1.14 bits per heavy atom. The van der Waals surface area contributed by atoms with E-state index in [1.807, 2.05) is 12.1 Å². The molecule has 0 radical (unpaired) electrons. The van der Waals surface area contributed by atoms with Crippen molar-refractivity contribution in [1.82, 2.24) is 24.4 Å². The Balaban J connectivity index is 1.26. The van der Waals surface area contributed by atoms with E-state index in [1.165, 1.54) is 18.5 Å². The average Bonchev–Trinajstić information content (AvgIpc) is 3.31. The number of hydrogen-bond donors (Lipinski definition) is 1. The van der Waals surface area contributed by atoms with Crippen molar-refractivity contribution < 1.29 is 13.9 Å². The second-order valence-electron chi connectivity index (χ2n) is 8.67. The summed E-state index contributed by atoms with van der Waals surface area (Å²) in [4.78, 5) is 15.9. The summed E-state index contributed by atoms with van der Waals surface area (Å²) in [6.07, 6.45) is 5.46. The number of halogens is 2. The molecule has 1 aliphatic heterocycles. The summed E-state index contributed by atoms with van der Waals surface area (Å²) in [5.41, 5.74) is 2.46. The molecule has 0 unspecified atom stereocenters. The van der Waals surface area contributed by atoms with E-state index in [0.29, 0.717) is 35.1 Å². The van der Waals surface area contributed by atoms with Gasteiger partial charge in [-0.05, 0) is 37.1 Å². The fraction of sp³-hybridized carbons (Fsp3) is 0.346. The molecule has 0 spiro atoms. The third-order valence-electron chi connectivity index (χ3n) is 6.27. The molecule has 2 aromatic carbocycles. The number of nitrogens with one attached hydrogen (secondary N) is 1. The number of anilines is 2. The van der Waals surface area contributed by atoms with Crippen molar-refractivity contribution in [3.8, 4) is 11.5 Å². The van der Waals surface area contributed by atoms with Gasteiger partial charge in [0, 0.05) is 43.0 Å². The molecule has 0 bridgehead atoms. The van der Waals surface area contributed by atoms with E-state index >= 15 is 0 Å². The summed E-state index contributed by atoms with van der Waals surface area (Å²) in [6.45, 7) is 6.43. The van der Waals surface area contributed by atoms with Gasteiger partial charge in [0.2, 0.25) is 0 Å². The Bertz CT molecular complexity index is 1380. The van der Waals surface area contributed by atoms with Gasteiger partial charge in [-0.15, -0.1) is 0 Å². The van der Waals surface area contributed by atoms with Crippen molar-refractivity contribution in [2.45, 2.75) is 32.9 Å². The van der Waals surface area contributed by atoms with Gasteiger partial charge in [-0.2, -0.15) is 0 Å². The molecule has 4 aromatic rings. The normalized spacial score (nSPS) is 13.6. The number of aromatic nitrogens is 4. The van der Waals surface area contributed by atoms with Crippen LogP contribution in [0.2, 0.25) is 5.02 Å². The quantitative estimate of drug-likeness (QED) is 0.309. The van der Waals surface area contributed by atoms with Gasteiger partial charge >= 0.3 is 0 Å². The first-order chi connectivity index (χ1) is 17.5. The fourth-order valence-electron chi connectivity index (χ4n) is 4.34. The molecule has 5 rings (SSSR count). The zero-order valence-electron chi connectivity index (χ0n) is 20.3. The Kier molecular flexibility index (Phi) is 7.20. The molecule has 0 saturated carbocycles. The van der Waals surface area contributed by atoms with E-state index in [0.717, 1.165) is 55.9 Å². The molecule has 0 amide bonds. The van der Waals surface area contributed by atoms with Gasteiger partial charge < -0.3 is 19.4 Å². The molecular weight excluding hydrogens is 483 g/mol. The van der Waals surface area contributed by atoms with Crippen molar-refractivity contribution >= 4 is 34.0 Å². The van der Waals surface area contributed by atoms with E-state index in [2.05, 4.69) is 37.9 Å². The predicted octanol–water partition coefficient (Wildman–Crippen LogP) is 5.22. The first kappa shape index (κ1) is 24.3. The van der Waals surface area contributed by atoms with Gasteiger partial charge in [-0.3, -0.25) is 4.90 Å². The molecule has 0 saturated heterocycles. The van der Waals surface area contributed by atoms with Crippen LogP contribution in [0, 0.1) is 5.82 Å². The standard InChI is InChI=1S/C26H28ClFN6O2/c1-3-17-14-34-9-8-33(15-25(34)31-17)7-4-10-36-24-12-19-22(13-23(24)35-2)29-16-30-26(19)32-18-5-6-21(28)20(27)11-18/h5-6,11-14,16H,3-4,7-10,15H2,1-2H3,(H,29,30,32). The van der Waals surface area contributed by atoms with Crippen molar-refractivity contribution in [2.24, 2.45) is 0 Å². The predicted molar refractivity (Wildman–Crippen MR) is 138 cm³/mol. The summed E-state index contributed by atoms with van der Waals surface area (Å²) in [5, 5.41) is 3.98. The molecule has 0 atom stereocenters. The topological polar surface area (TPSA) is 77.3 Å². The van der Waals surface area contributed by atoms with E-state index in [9.17, 15) is 4.39 Å². The van der Waals surface area contributed by atoms with Crippen LogP contribution < -0.4 is 14.8 Å². The van der Waals surface area contributed by atoms with Gasteiger partial charge in [0.25, 0.3) is 0 Å². The highest BCUT2D eigenvalue weighted by atomic mass is 35.5. The van der Waals surface area contributed by atoms with Crippen molar-refractivity contribution in [3.63, 3.8) is 0 Å². The van der Waals surface area contributed by atoms with Crippen molar-refractivity contribution in [2.75, 3.05) is 32.1 Å². The fourth-order valence-corrected chi connectivity index (χ4v) is 4.52. The highest BCUT2D eigenvalue weighted by molar-refractivity contribution is 6.31. The van der Waals surface area contributed by atoms with Gasteiger partial charge in [-0.25, -0.2) is 19.3 Å². The first-order valence-electron chi connectivity index (χ1n) is 12.0. The molecular formula is C26H28ClFN6O2. The lowest BCUT2D eigenvalue weighted by molar-refractivity contribution is 0.194. The number of nitrogens with zero attached hydrogens (tertiary/aromatic N) is 5.